The molecule has 2 aromatic rings. The smallest absolute Gasteiger partial charge is 0.0758 e. The van der Waals surface area contributed by atoms with Crippen molar-refractivity contribution in [3.8, 4) is 0 Å². The van der Waals surface area contributed by atoms with Crippen LogP contribution in [0, 0.1) is 0 Å². The summed E-state index contributed by atoms with van der Waals surface area (Å²) in [7, 11) is 1.99. The number of rotatable bonds is 6. The predicted molar refractivity (Wildman–Crippen MR) is 92.5 cm³/mol. The molecule has 0 aliphatic rings. The summed E-state index contributed by atoms with van der Waals surface area (Å²) in [5.74, 6) is 0. The number of thiophene rings is 1. The van der Waals surface area contributed by atoms with Gasteiger partial charge in [-0.1, -0.05) is 6.92 Å². The van der Waals surface area contributed by atoms with Gasteiger partial charge in [0, 0.05) is 24.7 Å². The molecule has 6 heteroatoms. The van der Waals surface area contributed by atoms with Gasteiger partial charge in [-0.25, -0.2) is 0 Å². The fourth-order valence-corrected chi connectivity index (χ4v) is 5.06. The second kappa shape index (κ2) is 7.20. The molecule has 0 aliphatic heterocycles. The van der Waals surface area contributed by atoms with E-state index in [4.69, 9.17) is 0 Å². The summed E-state index contributed by atoms with van der Waals surface area (Å²) >= 11 is 8.88. The highest BCUT2D eigenvalue weighted by molar-refractivity contribution is 9.12. The predicted octanol–water partition coefficient (Wildman–Crippen LogP) is 4.94. The Morgan fingerprint density at radius 1 is 1.45 bits per heavy atom. The molecule has 0 saturated carbocycles. The van der Waals surface area contributed by atoms with Crippen molar-refractivity contribution in [2.75, 3.05) is 7.05 Å². The Morgan fingerprint density at radius 3 is 2.75 bits per heavy atom. The molecule has 0 amide bonds. The summed E-state index contributed by atoms with van der Waals surface area (Å²) in [5, 5.41) is 8.06. The highest BCUT2D eigenvalue weighted by Crippen LogP contribution is 2.36. The first-order valence-corrected chi connectivity index (χ1v) is 9.11. The van der Waals surface area contributed by atoms with Crippen LogP contribution in [0.25, 0.3) is 0 Å². The Balaban J connectivity index is 2.14. The Bertz CT molecular complexity index is 565. The van der Waals surface area contributed by atoms with E-state index in [0.717, 1.165) is 22.3 Å². The normalized spacial score (nSPS) is 14.4. The lowest BCUT2D eigenvalue weighted by Crippen LogP contribution is -2.19. The molecule has 0 saturated heterocycles. The monoisotopic (exact) mass is 419 g/mol. The minimum Gasteiger partial charge on any atom is -0.313 e. The molecular formula is C14H19Br2N3S. The van der Waals surface area contributed by atoms with Gasteiger partial charge in [-0.2, -0.15) is 5.10 Å². The molecule has 0 bridgehead atoms. The van der Waals surface area contributed by atoms with E-state index in [1.807, 2.05) is 7.05 Å². The maximum absolute atomic E-state index is 4.68. The van der Waals surface area contributed by atoms with Crippen molar-refractivity contribution in [3.63, 3.8) is 0 Å². The molecular weight excluding hydrogens is 402 g/mol. The Hall–Kier alpha value is -0.170. The first-order valence-electron chi connectivity index (χ1n) is 6.71. The van der Waals surface area contributed by atoms with Crippen molar-refractivity contribution in [1.29, 1.82) is 0 Å². The number of aromatic nitrogens is 2. The Kier molecular flexibility index (Phi) is 5.84. The molecule has 2 rings (SSSR count). The van der Waals surface area contributed by atoms with Gasteiger partial charge in [0.05, 0.1) is 13.3 Å². The number of hydrogen-bond donors (Lipinski definition) is 1. The van der Waals surface area contributed by atoms with Crippen LogP contribution in [0.5, 0.6) is 0 Å². The summed E-state index contributed by atoms with van der Waals surface area (Å²) in [5.41, 5.74) is 2.40. The van der Waals surface area contributed by atoms with Gasteiger partial charge in [-0.05, 0) is 69.9 Å². The van der Waals surface area contributed by atoms with Crippen molar-refractivity contribution >= 4 is 43.2 Å². The Morgan fingerprint density at radius 2 is 2.20 bits per heavy atom. The standard InChI is InChI=1S/C14H19Br2N3S/c1-4-9(2)19-6-5-10(18-19)7-12(17-3)11-8-13(15)20-14(11)16/h5-6,8-9,12,17H,4,7H2,1-3H3. The molecule has 2 unspecified atom stereocenters. The largest absolute Gasteiger partial charge is 0.313 e. The summed E-state index contributed by atoms with van der Waals surface area (Å²) in [6.45, 7) is 4.38. The van der Waals surface area contributed by atoms with E-state index in [9.17, 15) is 0 Å². The third-order valence-electron chi connectivity index (χ3n) is 3.53. The molecule has 2 aromatic heterocycles. The topological polar surface area (TPSA) is 29.9 Å². The van der Waals surface area contributed by atoms with E-state index in [0.29, 0.717) is 6.04 Å². The number of nitrogens with one attached hydrogen (secondary N) is 1. The summed E-state index contributed by atoms with van der Waals surface area (Å²) in [6.07, 6.45) is 4.07. The lowest BCUT2D eigenvalue weighted by molar-refractivity contribution is 0.469. The second-order valence-electron chi connectivity index (χ2n) is 4.87. The zero-order chi connectivity index (χ0) is 14.7. The maximum Gasteiger partial charge on any atom is 0.0758 e. The second-order valence-corrected chi connectivity index (χ2v) is 8.62. The number of halogens is 2. The first-order chi connectivity index (χ1) is 9.55. The van der Waals surface area contributed by atoms with E-state index in [1.54, 1.807) is 11.3 Å². The first kappa shape index (κ1) is 16.2. The highest BCUT2D eigenvalue weighted by Gasteiger charge is 2.17. The van der Waals surface area contributed by atoms with E-state index < -0.39 is 0 Å². The van der Waals surface area contributed by atoms with Crippen LogP contribution in [0.1, 0.15) is 43.6 Å². The number of nitrogens with zero attached hydrogens (tertiary/aromatic N) is 2. The van der Waals surface area contributed by atoms with E-state index in [2.05, 4.69) is 79.1 Å². The fraction of sp³-hybridized carbons (Fsp3) is 0.500. The summed E-state index contributed by atoms with van der Waals surface area (Å²) in [4.78, 5) is 0. The molecule has 0 fully saturated rings. The molecule has 0 aliphatic carbocycles. The molecule has 0 radical (unpaired) electrons. The SMILES string of the molecule is CCC(C)n1ccc(CC(NC)c2cc(Br)sc2Br)n1. The molecule has 20 heavy (non-hydrogen) atoms. The van der Waals surface area contributed by atoms with Gasteiger partial charge in [0.25, 0.3) is 0 Å². The molecule has 3 nitrogen and oxygen atoms in total. The van der Waals surface area contributed by atoms with Crippen LogP contribution in [0.4, 0.5) is 0 Å². The van der Waals surface area contributed by atoms with Crippen LogP contribution < -0.4 is 5.32 Å². The quantitative estimate of drug-likeness (QED) is 0.716. The van der Waals surface area contributed by atoms with Crippen LogP contribution in [0.3, 0.4) is 0 Å². The minimum atomic E-state index is 0.271. The molecule has 1 N–H and O–H groups in total. The third-order valence-corrected chi connectivity index (χ3v) is 5.91. The van der Waals surface area contributed by atoms with Crippen molar-refractivity contribution in [1.82, 2.24) is 15.1 Å². The lowest BCUT2D eigenvalue weighted by Gasteiger charge is -2.14. The molecule has 0 spiro atoms. The molecule has 2 atom stereocenters. The van der Waals surface area contributed by atoms with Gasteiger partial charge in [-0.15, -0.1) is 11.3 Å². The zero-order valence-corrected chi connectivity index (χ0v) is 15.8. The van der Waals surface area contributed by atoms with Gasteiger partial charge >= 0.3 is 0 Å². The van der Waals surface area contributed by atoms with E-state index >= 15 is 0 Å². The van der Waals surface area contributed by atoms with Crippen LogP contribution in [0.15, 0.2) is 25.9 Å². The van der Waals surface area contributed by atoms with Crippen LogP contribution >= 0.6 is 43.2 Å². The van der Waals surface area contributed by atoms with Crippen molar-refractivity contribution in [3.05, 3.63) is 37.2 Å². The van der Waals surface area contributed by atoms with Crippen molar-refractivity contribution < 1.29 is 0 Å². The van der Waals surface area contributed by atoms with Gasteiger partial charge in [-0.3, -0.25) is 4.68 Å². The number of hydrogen-bond acceptors (Lipinski definition) is 3. The maximum atomic E-state index is 4.68. The molecule has 2 heterocycles. The van der Waals surface area contributed by atoms with Crippen molar-refractivity contribution in [2.24, 2.45) is 0 Å². The average Bonchev–Trinajstić information content (AvgIpc) is 3.02. The average molecular weight is 421 g/mol. The summed E-state index contributed by atoms with van der Waals surface area (Å²) in [6, 6.07) is 5.01. The molecule has 0 aromatic carbocycles. The number of likely N-dealkylation sites (N-methyl/N-ethyl adjacent to an activating group) is 1. The van der Waals surface area contributed by atoms with Gasteiger partial charge in [0.15, 0.2) is 0 Å². The summed E-state index contributed by atoms with van der Waals surface area (Å²) < 4.78 is 4.37. The van der Waals surface area contributed by atoms with Crippen molar-refractivity contribution in [2.45, 2.75) is 38.8 Å². The van der Waals surface area contributed by atoms with Gasteiger partial charge in [0.1, 0.15) is 0 Å². The van der Waals surface area contributed by atoms with Gasteiger partial charge < -0.3 is 5.32 Å². The lowest BCUT2D eigenvalue weighted by atomic mass is 10.1. The van der Waals surface area contributed by atoms with Crippen LogP contribution in [-0.4, -0.2) is 16.8 Å². The van der Waals surface area contributed by atoms with Crippen LogP contribution in [0.2, 0.25) is 0 Å². The van der Waals surface area contributed by atoms with E-state index in [1.165, 1.54) is 9.35 Å². The highest BCUT2D eigenvalue weighted by atomic mass is 79.9. The molecule has 110 valence electrons. The van der Waals surface area contributed by atoms with Crippen LogP contribution in [-0.2, 0) is 6.42 Å². The Labute approximate surface area is 141 Å². The zero-order valence-electron chi connectivity index (χ0n) is 11.9. The van der Waals surface area contributed by atoms with E-state index in [-0.39, 0.29) is 6.04 Å². The van der Waals surface area contributed by atoms with Gasteiger partial charge in [0.2, 0.25) is 0 Å². The third kappa shape index (κ3) is 3.72. The minimum absolute atomic E-state index is 0.271. The fourth-order valence-electron chi connectivity index (χ4n) is 2.09.